The van der Waals surface area contributed by atoms with Crippen LogP contribution in [0.15, 0.2) is 55.1 Å². The topological polar surface area (TPSA) is 63.1 Å². The molecular formula is C26H31Cl2N5O. The van der Waals surface area contributed by atoms with Crippen LogP contribution in [0.4, 0.5) is 0 Å². The van der Waals surface area contributed by atoms with E-state index in [1.165, 1.54) is 0 Å². The molecule has 1 atom stereocenters. The normalized spacial score (nSPS) is 12.2. The number of benzene rings is 2. The molecule has 3 aromatic rings. The first-order valence-electron chi connectivity index (χ1n) is 11.4. The van der Waals surface area contributed by atoms with Crippen LogP contribution in [0.25, 0.3) is 5.69 Å². The summed E-state index contributed by atoms with van der Waals surface area (Å²) in [5, 5.41) is 13.3. The molecule has 34 heavy (non-hydrogen) atoms. The maximum absolute atomic E-state index is 13.6. The Labute approximate surface area is 211 Å². The summed E-state index contributed by atoms with van der Waals surface area (Å²) in [6.45, 7) is 7.19. The molecule has 2 aromatic carbocycles. The van der Waals surface area contributed by atoms with Crippen molar-refractivity contribution in [2.24, 2.45) is 0 Å². The van der Waals surface area contributed by atoms with Gasteiger partial charge in [-0.2, -0.15) is 0 Å². The third-order valence-corrected chi connectivity index (χ3v) is 6.33. The van der Waals surface area contributed by atoms with Gasteiger partial charge in [-0.3, -0.25) is 14.3 Å². The van der Waals surface area contributed by atoms with E-state index in [-0.39, 0.29) is 11.8 Å². The maximum Gasteiger partial charge on any atom is 0.196 e. The van der Waals surface area contributed by atoms with E-state index in [2.05, 4.69) is 33.9 Å². The lowest BCUT2D eigenvalue weighted by atomic mass is 10.0. The van der Waals surface area contributed by atoms with Crippen LogP contribution in [0.3, 0.4) is 0 Å². The fourth-order valence-electron chi connectivity index (χ4n) is 3.62. The summed E-state index contributed by atoms with van der Waals surface area (Å²) in [5.74, 6) is 1.26. The number of rotatable bonds is 12. The number of halogens is 2. The lowest BCUT2D eigenvalue weighted by molar-refractivity contribution is 0.103. The van der Waals surface area contributed by atoms with Gasteiger partial charge in [0.2, 0.25) is 0 Å². The Hall–Kier alpha value is -2.51. The standard InChI is InChI=1S/C26H31Cl2N5O/c1-5-6-7-10-15-29-17-24-30-31-26(18(2)32(3)4)33(24)23-14-13-19(27)16-21(23)25(34)20-11-8-9-12-22(20)28/h5,8-9,11-14,16,18,29H,1,6-7,10,15,17H2,2-4H3. The van der Waals surface area contributed by atoms with Gasteiger partial charge in [-0.25, -0.2) is 0 Å². The Morgan fingerprint density at radius 1 is 1.15 bits per heavy atom. The van der Waals surface area contributed by atoms with Gasteiger partial charge in [0.25, 0.3) is 0 Å². The Balaban J connectivity index is 2.05. The molecule has 3 rings (SSSR count). The predicted octanol–water partition coefficient (Wildman–Crippen LogP) is 5.87. The molecule has 0 aliphatic heterocycles. The van der Waals surface area contributed by atoms with Gasteiger partial charge in [0.1, 0.15) is 0 Å². The Morgan fingerprint density at radius 2 is 1.91 bits per heavy atom. The van der Waals surface area contributed by atoms with E-state index in [0.29, 0.717) is 33.4 Å². The molecule has 1 N–H and O–H groups in total. The van der Waals surface area contributed by atoms with E-state index in [4.69, 9.17) is 23.2 Å². The molecule has 8 heteroatoms. The molecule has 1 heterocycles. The van der Waals surface area contributed by atoms with E-state index in [9.17, 15) is 4.79 Å². The Bertz CT molecular complexity index is 1140. The molecule has 0 aliphatic carbocycles. The van der Waals surface area contributed by atoms with Gasteiger partial charge in [0.05, 0.1) is 23.3 Å². The lowest BCUT2D eigenvalue weighted by Gasteiger charge is -2.22. The number of carbonyl (C=O) groups is 1. The van der Waals surface area contributed by atoms with Crippen LogP contribution < -0.4 is 5.32 Å². The molecular weight excluding hydrogens is 469 g/mol. The summed E-state index contributed by atoms with van der Waals surface area (Å²) in [7, 11) is 3.97. The third kappa shape index (κ3) is 6.13. The van der Waals surface area contributed by atoms with Crippen molar-refractivity contribution in [1.82, 2.24) is 25.0 Å². The minimum Gasteiger partial charge on any atom is -0.310 e. The zero-order chi connectivity index (χ0) is 24.7. The fraction of sp³-hybridized carbons (Fsp3) is 0.346. The van der Waals surface area contributed by atoms with Crippen molar-refractivity contribution in [3.63, 3.8) is 0 Å². The van der Waals surface area contributed by atoms with Gasteiger partial charge >= 0.3 is 0 Å². The number of hydrogen-bond acceptors (Lipinski definition) is 5. The Morgan fingerprint density at radius 3 is 2.62 bits per heavy atom. The SMILES string of the molecule is C=CCCCCNCc1nnc(C(C)N(C)C)n1-c1ccc(Cl)cc1C(=O)c1ccccc1Cl. The minimum absolute atomic E-state index is 0.0345. The minimum atomic E-state index is -0.205. The van der Waals surface area contributed by atoms with Crippen LogP contribution in [-0.2, 0) is 6.54 Å². The number of ketones is 1. The molecule has 0 amide bonds. The molecule has 0 aliphatic rings. The number of hydrogen-bond donors (Lipinski definition) is 1. The number of aromatic nitrogens is 3. The van der Waals surface area contributed by atoms with Crippen LogP contribution in [-0.4, -0.2) is 46.1 Å². The van der Waals surface area contributed by atoms with Crippen LogP contribution in [0.1, 0.15) is 59.8 Å². The van der Waals surface area contributed by atoms with Gasteiger partial charge in [0.15, 0.2) is 17.4 Å². The first kappa shape index (κ1) is 26.1. The monoisotopic (exact) mass is 499 g/mol. The summed E-state index contributed by atoms with van der Waals surface area (Å²) < 4.78 is 1.96. The quantitative estimate of drug-likeness (QED) is 0.191. The fourth-order valence-corrected chi connectivity index (χ4v) is 4.02. The average Bonchev–Trinajstić information content (AvgIpc) is 3.24. The van der Waals surface area contributed by atoms with Gasteiger partial charge < -0.3 is 5.32 Å². The van der Waals surface area contributed by atoms with Crippen molar-refractivity contribution in [3.8, 4) is 5.69 Å². The first-order valence-corrected chi connectivity index (χ1v) is 12.1. The first-order chi connectivity index (χ1) is 16.3. The van der Waals surface area contributed by atoms with E-state index in [0.717, 1.165) is 37.5 Å². The van der Waals surface area contributed by atoms with E-state index in [1.807, 2.05) is 30.8 Å². The van der Waals surface area contributed by atoms with Crippen molar-refractivity contribution in [3.05, 3.63) is 87.9 Å². The number of nitrogens with one attached hydrogen (secondary N) is 1. The molecule has 0 saturated carbocycles. The van der Waals surface area contributed by atoms with Gasteiger partial charge in [0, 0.05) is 16.1 Å². The highest BCUT2D eigenvalue weighted by Crippen LogP contribution is 2.29. The zero-order valence-electron chi connectivity index (χ0n) is 19.9. The highest BCUT2D eigenvalue weighted by Gasteiger charge is 2.25. The summed E-state index contributed by atoms with van der Waals surface area (Å²) in [5.41, 5.74) is 1.54. The van der Waals surface area contributed by atoms with Crippen LogP contribution in [0.5, 0.6) is 0 Å². The number of carbonyl (C=O) groups excluding carboxylic acids is 1. The lowest BCUT2D eigenvalue weighted by Crippen LogP contribution is -2.23. The average molecular weight is 500 g/mol. The van der Waals surface area contributed by atoms with Gasteiger partial charge in [-0.05, 0) is 77.2 Å². The third-order valence-electron chi connectivity index (χ3n) is 5.76. The molecule has 1 unspecified atom stereocenters. The number of allylic oxidation sites excluding steroid dienone is 1. The van der Waals surface area contributed by atoms with Crippen molar-refractivity contribution in [1.29, 1.82) is 0 Å². The van der Waals surface area contributed by atoms with Crippen LogP contribution in [0.2, 0.25) is 10.0 Å². The number of unbranched alkanes of at least 4 members (excludes halogenated alkanes) is 2. The largest absolute Gasteiger partial charge is 0.310 e. The molecule has 6 nitrogen and oxygen atoms in total. The second-order valence-electron chi connectivity index (χ2n) is 8.38. The highest BCUT2D eigenvalue weighted by atomic mass is 35.5. The molecule has 0 bridgehead atoms. The van der Waals surface area contributed by atoms with E-state index < -0.39 is 0 Å². The highest BCUT2D eigenvalue weighted by molar-refractivity contribution is 6.35. The smallest absolute Gasteiger partial charge is 0.196 e. The Kier molecular flexibility index (Phi) is 9.42. The summed E-state index contributed by atoms with van der Waals surface area (Å²) in [6, 6.07) is 12.3. The molecule has 0 spiro atoms. The molecule has 0 saturated heterocycles. The molecule has 0 fully saturated rings. The molecule has 0 radical (unpaired) electrons. The number of nitrogens with zero attached hydrogens (tertiary/aromatic N) is 4. The second kappa shape index (κ2) is 12.3. The predicted molar refractivity (Wildman–Crippen MR) is 139 cm³/mol. The van der Waals surface area contributed by atoms with E-state index in [1.54, 1.807) is 36.4 Å². The van der Waals surface area contributed by atoms with Crippen molar-refractivity contribution in [2.45, 2.75) is 38.8 Å². The van der Waals surface area contributed by atoms with Crippen LogP contribution in [0, 0.1) is 0 Å². The summed E-state index contributed by atoms with van der Waals surface area (Å²) in [6.07, 6.45) is 5.06. The van der Waals surface area contributed by atoms with Crippen LogP contribution >= 0.6 is 23.2 Å². The maximum atomic E-state index is 13.6. The van der Waals surface area contributed by atoms with Crippen molar-refractivity contribution < 1.29 is 4.79 Å². The van der Waals surface area contributed by atoms with Gasteiger partial charge in [-0.15, -0.1) is 16.8 Å². The summed E-state index contributed by atoms with van der Waals surface area (Å²) in [4.78, 5) is 15.6. The zero-order valence-corrected chi connectivity index (χ0v) is 21.4. The van der Waals surface area contributed by atoms with E-state index >= 15 is 0 Å². The van der Waals surface area contributed by atoms with Crippen molar-refractivity contribution in [2.75, 3.05) is 20.6 Å². The molecule has 180 valence electrons. The van der Waals surface area contributed by atoms with Crippen molar-refractivity contribution >= 4 is 29.0 Å². The second-order valence-corrected chi connectivity index (χ2v) is 9.22. The van der Waals surface area contributed by atoms with Gasteiger partial charge in [-0.1, -0.05) is 41.4 Å². The summed E-state index contributed by atoms with van der Waals surface area (Å²) >= 11 is 12.7. The molecule has 1 aromatic heterocycles.